The van der Waals surface area contributed by atoms with Crippen LogP contribution in [-0.2, 0) is 0 Å². The van der Waals surface area contributed by atoms with Gasteiger partial charge in [0.1, 0.15) is 5.75 Å². The van der Waals surface area contributed by atoms with Crippen LogP contribution in [0.15, 0.2) is 63.2 Å². The van der Waals surface area contributed by atoms with Gasteiger partial charge in [0, 0.05) is 31.8 Å². The highest BCUT2D eigenvalue weighted by Gasteiger charge is 2.07. The SMILES string of the molecule is COc1ccc(Sc2c[nH]c(=O)c3cc(Cl)ccc23)cc1. The van der Waals surface area contributed by atoms with Crippen LogP contribution in [0.25, 0.3) is 10.8 Å². The summed E-state index contributed by atoms with van der Waals surface area (Å²) in [5, 5.41) is 2.05. The van der Waals surface area contributed by atoms with Crippen molar-refractivity contribution in [2.75, 3.05) is 7.11 Å². The molecule has 2 aromatic carbocycles. The number of ether oxygens (including phenoxy) is 1. The van der Waals surface area contributed by atoms with Crippen molar-refractivity contribution in [2.24, 2.45) is 0 Å². The number of pyridine rings is 1. The molecular formula is C16H12ClNO2S. The lowest BCUT2D eigenvalue weighted by molar-refractivity contribution is 0.414. The first-order chi connectivity index (χ1) is 10.2. The fraction of sp³-hybridized carbons (Fsp3) is 0.0625. The zero-order valence-corrected chi connectivity index (χ0v) is 12.8. The molecule has 21 heavy (non-hydrogen) atoms. The van der Waals surface area contributed by atoms with E-state index in [9.17, 15) is 4.79 Å². The Hall–Kier alpha value is -1.91. The van der Waals surface area contributed by atoms with E-state index >= 15 is 0 Å². The van der Waals surface area contributed by atoms with Gasteiger partial charge in [-0.3, -0.25) is 4.79 Å². The van der Waals surface area contributed by atoms with E-state index < -0.39 is 0 Å². The number of rotatable bonds is 3. The molecule has 0 atom stereocenters. The summed E-state index contributed by atoms with van der Waals surface area (Å²) in [4.78, 5) is 16.7. The molecule has 3 rings (SSSR count). The molecule has 1 N–H and O–H groups in total. The Balaban J connectivity index is 2.04. The first-order valence-corrected chi connectivity index (χ1v) is 7.49. The molecule has 0 radical (unpaired) electrons. The van der Waals surface area contributed by atoms with Gasteiger partial charge in [-0.2, -0.15) is 0 Å². The minimum atomic E-state index is -0.133. The van der Waals surface area contributed by atoms with Crippen LogP contribution < -0.4 is 10.3 Å². The standard InChI is InChI=1S/C16H12ClNO2S/c1-20-11-3-5-12(6-4-11)21-15-9-18-16(19)14-8-10(17)2-7-13(14)15/h2-9H,1H3,(H,18,19). The lowest BCUT2D eigenvalue weighted by atomic mass is 10.2. The molecule has 1 aromatic heterocycles. The van der Waals surface area contributed by atoms with Crippen LogP contribution in [0.4, 0.5) is 0 Å². The summed E-state index contributed by atoms with van der Waals surface area (Å²) in [7, 11) is 1.64. The molecular weight excluding hydrogens is 306 g/mol. The van der Waals surface area contributed by atoms with Crippen molar-refractivity contribution in [3.63, 3.8) is 0 Å². The second-order valence-electron chi connectivity index (χ2n) is 4.45. The normalized spacial score (nSPS) is 10.8. The van der Waals surface area contributed by atoms with Crippen molar-refractivity contribution in [2.45, 2.75) is 9.79 Å². The molecule has 0 aliphatic carbocycles. The van der Waals surface area contributed by atoms with E-state index in [-0.39, 0.29) is 5.56 Å². The maximum atomic E-state index is 11.9. The lowest BCUT2D eigenvalue weighted by Gasteiger charge is -2.07. The predicted molar refractivity (Wildman–Crippen MR) is 86.7 cm³/mol. The summed E-state index contributed by atoms with van der Waals surface area (Å²) in [6.45, 7) is 0. The third-order valence-electron chi connectivity index (χ3n) is 3.11. The average Bonchev–Trinajstić information content (AvgIpc) is 2.51. The molecule has 3 aromatic rings. The fourth-order valence-corrected chi connectivity index (χ4v) is 3.16. The number of fused-ring (bicyclic) bond motifs is 1. The van der Waals surface area contributed by atoms with Gasteiger partial charge in [-0.1, -0.05) is 29.4 Å². The quantitative estimate of drug-likeness (QED) is 0.781. The van der Waals surface area contributed by atoms with Gasteiger partial charge in [0.15, 0.2) is 0 Å². The van der Waals surface area contributed by atoms with E-state index in [1.54, 1.807) is 37.2 Å². The number of methoxy groups -OCH3 is 1. The molecule has 0 unspecified atom stereocenters. The van der Waals surface area contributed by atoms with Crippen LogP contribution in [0, 0.1) is 0 Å². The molecule has 0 amide bonds. The van der Waals surface area contributed by atoms with Crippen LogP contribution in [0.2, 0.25) is 5.02 Å². The number of H-pyrrole nitrogens is 1. The highest BCUT2D eigenvalue weighted by atomic mass is 35.5. The molecule has 0 saturated heterocycles. The van der Waals surface area contributed by atoms with Crippen molar-refractivity contribution in [3.8, 4) is 5.75 Å². The van der Waals surface area contributed by atoms with Gasteiger partial charge in [0.25, 0.3) is 5.56 Å². The first-order valence-electron chi connectivity index (χ1n) is 6.30. The summed E-state index contributed by atoms with van der Waals surface area (Å²) in [5.74, 6) is 0.817. The highest BCUT2D eigenvalue weighted by molar-refractivity contribution is 7.99. The Labute approximate surface area is 130 Å². The van der Waals surface area contributed by atoms with Gasteiger partial charge < -0.3 is 9.72 Å². The van der Waals surface area contributed by atoms with E-state index in [1.807, 2.05) is 30.3 Å². The van der Waals surface area contributed by atoms with Crippen LogP contribution in [0.5, 0.6) is 5.75 Å². The molecule has 0 spiro atoms. The Morgan fingerprint density at radius 2 is 1.86 bits per heavy atom. The van der Waals surface area contributed by atoms with Gasteiger partial charge in [0.2, 0.25) is 0 Å². The molecule has 1 heterocycles. The highest BCUT2D eigenvalue weighted by Crippen LogP contribution is 2.33. The molecule has 0 aliphatic heterocycles. The van der Waals surface area contributed by atoms with Crippen molar-refractivity contribution in [1.82, 2.24) is 4.98 Å². The van der Waals surface area contributed by atoms with Crippen molar-refractivity contribution < 1.29 is 4.74 Å². The maximum Gasteiger partial charge on any atom is 0.255 e. The maximum absolute atomic E-state index is 11.9. The van der Waals surface area contributed by atoms with E-state index in [4.69, 9.17) is 16.3 Å². The minimum Gasteiger partial charge on any atom is -0.497 e. The Morgan fingerprint density at radius 1 is 1.10 bits per heavy atom. The fourth-order valence-electron chi connectivity index (χ4n) is 2.06. The van der Waals surface area contributed by atoms with E-state index in [0.29, 0.717) is 10.4 Å². The topological polar surface area (TPSA) is 42.1 Å². The predicted octanol–water partition coefficient (Wildman–Crippen LogP) is 4.34. The van der Waals surface area contributed by atoms with Crippen molar-refractivity contribution in [3.05, 3.63) is 64.0 Å². The summed E-state index contributed by atoms with van der Waals surface area (Å²) >= 11 is 7.55. The third kappa shape index (κ3) is 2.91. The second kappa shape index (κ2) is 5.84. The number of nitrogens with one attached hydrogen (secondary N) is 1. The monoisotopic (exact) mass is 317 g/mol. The molecule has 5 heteroatoms. The minimum absolute atomic E-state index is 0.133. The second-order valence-corrected chi connectivity index (χ2v) is 6.00. The summed E-state index contributed by atoms with van der Waals surface area (Å²) in [6, 6.07) is 13.1. The van der Waals surface area contributed by atoms with Gasteiger partial charge in [-0.15, -0.1) is 0 Å². The van der Waals surface area contributed by atoms with Gasteiger partial charge in [-0.05, 0) is 36.4 Å². The molecule has 106 valence electrons. The summed E-state index contributed by atoms with van der Waals surface area (Å²) in [6.07, 6.45) is 1.73. The molecule has 0 bridgehead atoms. The van der Waals surface area contributed by atoms with Gasteiger partial charge in [0.05, 0.1) is 7.11 Å². The molecule has 0 saturated carbocycles. The molecule has 0 aliphatic rings. The number of aromatic nitrogens is 1. The number of benzene rings is 2. The zero-order valence-electron chi connectivity index (χ0n) is 11.2. The lowest BCUT2D eigenvalue weighted by Crippen LogP contribution is -2.05. The van der Waals surface area contributed by atoms with E-state index in [2.05, 4.69) is 4.98 Å². The number of hydrogen-bond acceptors (Lipinski definition) is 3. The van der Waals surface area contributed by atoms with Crippen LogP contribution in [0.1, 0.15) is 0 Å². The van der Waals surface area contributed by atoms with Gasteiger partial charge >= 0.3 is 0 Å². The third-order valence-corrected chi connectivity index (χ3v) is 4.41. The summed E-state index contributed by atoms with van der Waals surface area (Å²) < 4.78 is 5.15. The van der Waals surface area contributed by atoms with Crippen molar-refractivity contribution in [1.29, 1.82) is 0 Å². The Bertz CT molecular complexity index is 843. The zero-order chi connectivity index (χ0) is 14.8. The van der Waals surface area contributed by atoms with Gasteiger partial charge in [-0.25, -0.2) is 0 Å². The number of halogens is 1. The van der Waals surface area contributed by atoms with E-state index in [0.717, 1.165) is 20.9 Å². The van der Waals surface area contributed by atoms with Crippen LogP contribution >= 0.6 is 23.4 Å². The largest absolute Gasteiger partial charge is 0.497 e. The Morgan fingerprint density at radius 3 is 2.57 bits per heavy atom. The van der Waals surface area contributed by atoms with Crippen LogP contribution in [-0.4, -0.2) is 12.1 Å². The molecule has 3 nitrogen and oxygen atoms in total. The summed E-state index contributed by atoms with van der Waals surface area (Å²) in [5.41, 5.74) is -0.133. The smallest absolute Gasteiger partial charge is 0.255 e. The average molecular weight is 318 g/mol. The van der Waals surface area contributed by atoms with Crippen molar-refractivity contribution >= 4 is 34.1 Å². The van der Waals surface area contributed by atoms with Crippen LogP contribution in [0.3, 0.4) is 0 Å². The Kier molecular flexibility index (Phi) is 3.90. The van der Waals surface area contributed by atoms with E-state index in [1.165, 1.54) is 0 Å². The first kappa shape index (κ1) is 14.0. The number of aromatic amines is 1. The molecule has 0 fully saturated rings. The number of hydrogen-bond donors (Lipinski definition) is 1.